The van der Waals surface area contributed by atoms with Gasteiger partial charge in [-0.1, -0.05) is 24.3 Å². The zero-order valence-electron chi connectivity index (χ0n) is 17.6. The van der Waals surface area contributed by atoms with Crippen LogP contribution in [0, 0.1) is 31.0 Å². The first-order valence-electron chi connectivity index (χ1n) is 9.97. The first-order chi connectivity index (χ1) is 15.4. The van der Waals surface area contributed by atoms with Crippen LogP contribution in [0.4, 0.5) is 4.39 Å². The van der Waals surface area contributed by atoms with Crippen LogP contribution < -0.4 is 4.74 Å². The van der Waals surface area contributed by atoms with Crippen molar-refractivity contribution in [2.45, 2.75) is 27.0 Å². The molecule has 0 spiro atoms. The van der Waals surface area contributed by atoms with E-state index in [-0.39, 0.29) is 24.3 Å². The van der Waals surface area contributed by atoms with Crippen molar-refractivity contribution >= 4 is 17.0 Å². The molecule has 0 aliphatic heterocycles. The number of nitriles is 1. The van der Waals surface area contributed by atoms with Gasteiger partial charge in [0.05, 0.1) is 34.8 Å². The summed E-state index contributed by atoms with van der Waals surface area (Å²) in [5, 5.41) is 18.3. The number of hydrogen-bond acceptors (Lipinski definition) is 4. The molecule has 160 valence electrons. The van der Waals surface area contributed by atoms with Crippen molar-refractivity contribution in [3.05, 3.63) is 94.1 Å². The molecule has 0 radical (unpaired) electrons. The maximum Gasteiger partial charge on any atom is 0.336 e. The summed E-state index contributed by atoms with van der Waals surface area (Å²) in [4.78, 5) is 16.1. The Morgan fingerprint density at radius 3 is 2.66 bits per heavy atom. The molecular weight excluding hydrogens is 409 g/mol. The number of carboxylic acid groups (broad SMARTS) is 1. The second-order valence-electron chi connectivity index (χ2n) is 7.52. The second-order valence-corrected chi connectivity index (χ2v) is 7.52. The fraction of sp³-hybridized carbons (Fsp3) is 0.160. The van der Waals surface area contributed by atoms with E-state index in [0.717, 1.165) is 22.4 Å². The number of aromatic nitrogens is 2. The van der Waals surface area contributed by atoms with Gasteiger partial charge in [0.25, 0.3) is 0 Å². The van der Waals surface area contributed by atoms with E-state index in [4.69, 9.17) is 10.00 Å². The Balaban J connectivity index is 1.67. The lowest BCUT2D eigenvalue weighted by Crippen LogP contribution is -2.06. The number of aryl methyl sites for hydroxylation is 2. The quantitative estimate of drug-likeness (QED) is 0.467. The number of rotatable bonds is 6. The number of hydrogen-bond donors (Lipinski definition) is 1. The van der Waals surface area contributed by atoms with Crippen LogP contribution in [0.5, 0.6) is 5.75 Å². The van der Waals surface area contributed by atoms with Crippen LogP contribution in [0.1, 0.15) is 38.4 Å². The predicted octanol–water partition coefficient (Wildman–Crippen LogP) is 4.99. The van der Waals surface area contributed by atoms with E-state index in [1.807, 2.05) is 36.6 Å². The summed E-state index contributed by atoms with van der Waals surface area (Å²) in [6.45, 7) is 4.12. The Labute approximate surface area is 184 Å². The molecule has 0 bridgehead atoms. The van der Waals surface area contributed by atoms with Crippen LogP contribution in [-0.2, 0) is 13.2 Å². The topological polar surface area (TPSA) is 88.1 Å². The van der Waals surface area contributed by atoms with Crippen LogP contribution >= 0.6 is 0 Å². The maximum absolute atomic E-state index is 14.5. The highest BCUT2D eigenvalue weighted by atomic mass is 19.1. The third-order valence-corrected chi connectivity index (χ3v) is 5.36. The lowest BCUT2D eigenvalue weighted by atomic mass is 10.1. The maximum atomic E-state index is 14.5. The van der Waals surface area contributed by atoms with Gasteiger partial charge in [-0.15, -0.1) is 0 Å². The van der Waals surface area contributed by atoms with E-state index >= 15 is 0 Å². The van der Waals surface area contributed by atoms with Crippen molar-refractivity contribution in [3.8, 4) is 11.8 Å². The van der Waals surface area contributed by atoms with Crippen LogP contribution in [0.15, 0.2) is 54.6 Å². The molecular formula is C25H20FN3O3. The smallest absolute Gasteiger partial charge is 0.336 e. The van der Waals surface area contributed by atoms with Gasteiger partial charge >= 0.3 is 5.97 Å². The fourth-order valence-corrected chi connectivity index (χ4v) is 3.69. The minimum atomic E-state index is -1.01. The molecule has 1 N–H and O–H groups in total. The third kappa shape index (κ3) is 4.03. The van der Waals surface area contributed by atoms with Gasteiger partial charge in [0.1, 0.15) is 24.0 Å². The van der Waals surface area contributed by atoms with Gasteiger partial charge in [-0.3, -0.25) is 0 Å². The molecule has 6 nitrogen and oxygen atoms in total. The molecule has 4 aromatic rings. The lowest BCUT2D eigenvalue weighted by molar-refractivity contribution is 0.0694. The Hall–Kier alpha value is -4.18. The molecule has 3 aromatic carbocycles. The third-order valence-electron chi connectivity index (χ3n) is 5.36. The first-order valence-corrected chi connectivity index (χ1v) is 9.97. The van der Waals surface area contributed by atoms with Crippen molar-refractivity contribution < 1.29 is 19.0 Å². The molecule has 1 heterocycles. The largest absolute Gasteiger partial charge is 0.489 e. The van der Waals surface area contributed by atoms with Crippen LogP contribution in [0.25, 0.3) is 11.0 Å². The number of ether oxygens (including phenoxy) is 1. The van der Waals surface area contributed by atoms with Crippen LogP contribution in [-0.4, -0.2) is 20.6 Å². The van der Waals surface area contributed by atoms with E-state index in [9.17, 15) is 14.3 Å². The summed E-state index contributed by atoms with van der Waals surface area (Å²) in [5.41, 5.74) is 3.95. The fourth-order valence-electron chi connectivity index (χ4n) is 3.69. The SMILES string of the molecule is Cc1cc(OCc2ccccc2C(=O)O)cc2c1nc(C)n2Cc1ccc(C#N)cc1F. The Morgan fingerprint density at radius 2 is 1.94 bits per heavy atom. The molecule has 0 aliphatic rings. The first kappa shape index (κ1) is 21.1. The number of carboxylic acids is 1. The van der Waals surface area contributed by atoms with Gasteiger partial charge in [0, 0.05) is 17.2 Å². The highest BCUT2D eigenvalue weighted by Gasteiger charge is 2.15. The standard InChI is InChI=1S/C25H20FN3O3/c1-15-9-20(32-14-19-5-3-4-6-21(19)25(30)31)11-23-24(15)28-16(2)29(23)13-18-8-7-17(12-27)10-22(18)26/h3-11H,13-14H2,1-2H3,(H,30,31). The average Bonchev–Trinajstić information content (AvgIpc) is 3.09. The molecule has 0 fully saturated rings. The number of imidazole rings is 1. The number of fused-ring (bicyclic) bond motifs is 1. The summed E-state index contributed by atoms with van der Waals surface area (Å²) >= 11 is 0. The number of carbonyl (C=O) groups is 1. The monoisotopic (exact) mass is 429 g/mol. The molecule has 0 saturated heterocycles. The number of benzene rings is 3. The zero-order chi connectivity index (χ0) is 22.8. The van der Waals surface area contributed by atoms with Crippen molar-refractivity contribution in [2.24, 2.45) is 0 Å². The summed E-state index contributed by atoms with van der Waals surface area (Å²) in [6, 6.07) is 16.7. The lowest BCUT2D eigenvalue weighted by Gasteiger charge is -2.12. The summed E-state index contributed by atoms with van der Waals surface area (Å²) in [5.74, 6) is -0.162. The van der Waals surface area contributed by atoms with E-state index in [2.05, 4.69) is 4.98 Å². The highest BCUT2D eigenvalue weighted by molar-refractivity contribution is 5.89. The van der Waals surface area contributed by atoms with Crippen molar-refractivity contribution in [1.29, 1.82) is 5.26 Å². The van der Waals surface area contributed by atoms with E-state index in [1.165, 1.54) is 6.07 Å². The molecule has 0 aliphatic carbocycles. The average molecular weight is 429 g/mol. The van der Waals surface area contributed by atoms with Gasteiger partial charge in [0.2, 0.25) is 0 Å². The zero-order valence-corrected chi connectivity index (χ0v) is 17.6. The van der Waals surface area contributed by atoms with E-state index in [1.54, 1.807) is 36.4 Å². The molecule has 32 heavy (non-hydrogen) atoms. The van der Waals surface area contributed by atoms with Crippen LogP contribution in [0.2, 0.25) is 0 Å². The number of halogens is 1. The van der Waals surface area contributed by atoms with E-state index < -0.39 is 11.8 Å². The van der Waals surface area contributed by atoms with Crippen molar-refractivity contribution in [1.82, 2.24) is 9.55 Å². The highest BCUT2D eigenvalue weighted by Crippen LogP contribution is 2.28. The number of nitrogens with zero attached hydrogens (tertiary/aromatic N) is 3. The molecule has 0 unspecified atom stereocenters. The molecule has 0 amide bonds. The summed E-state index contributed by atoms with van der Waals surface area (Å²) in [7, 11) is 0. The number of aromatic carboxylic acids is 1. The Kier molecular flexibility index (Phi) is 5.61. The molecule has 4 rings (SSSR count). The van der Waals surface area contributed by atoms with Gasteiger partial charge in [-0.05, 0) is 43.7 Å². The summed E-state index contributed by atoms with van der Waals surface area (Å²) in [6.07, 6.45) is 0. The molecule has 0 saturated carbocycles. The minimum absolute atomic E-state index is 0.102. The van der Waals surface area contributed by atoms with Gasteiger partial charge in [-0.2, -0.15) is 5.26 Å². The summed E-state index contributed by atoms with van der Waals surface area (Å²) < 4.78 is 22.3. The molecule has 1 aromatic heterocycles. The van der Waals surface area contributed by atoms with E-state index in [0.29, 0.717) is 16.9 Å². The minimum Gasteiger partial charge on any atom is -0.489 e. The second kappa shape index (κ2) is 8.52. The Morgan fingerprint density at radius 1 is 1.16 bits per heavy atom. The van der Waals surface area contributed by atoms with Crippen molar-refractivity contribution in [2.75, 3.05) is 0 Å². The van der Waals surface area contributed by atoms with Crippen molar-refractivity contribution in [3.63, 3.8) is 0 Å². The molecule has 0 atom stereocenters. The Bertz CT molecular complexity index is 1390. The van der Waals surface area contributed by atoms with Gasteiger partial charge < -0.3 is 14.4 Å². The van der Waals surface area contributed by atoms with Gasteiger partial charge in [0.15, 0.2) is 0 Å². The normalized spacial score (nSPS) is 10.8. The van der Waals surface area contributed by atoms with Crippen LogP contribution in [0.3, 0.4) is 0 Å². The van der Waals surface area contributed by atoms with Gasteiger partial charge in [-0.25, -0.2) is 14.2 Å². The predicted molar refractivity (Wildman–Crippen MR) is 117 cm³/mol. The molecule has 7 heteroatoms.